The highest BCUT2D eigenvalue weighted by Gasteiger charge is 2.39. The summed E-state index contributed by atoms with van der Waals surface area (Å²) < 4.78 is 9.62. The number of aryl methyl sites for hydroxylation is 1. The van der Waals surface area contributed by atoms with Gasteiger partial charge in [-0.05, 0) is 95.3 Å². The molecule has 62 heavy (non-hydrogen) atoms. The Hall–Kier alpha value is -6.96. The van der Waals surface area contributed by atoms with Gasteiger partial charge in [-0.2, -0.15) is 0 Å². The van der Waals surface area contributed by atoms with Gasteiger partial charge in [-0.15, -0.1) is 0 Å². The van der Waals surface area contributed by atoms with Gasteiger partial charge >= 0.3 is 12.2 Å². The number of amides is 4. The lowest BCUT2D eigenvalue weighted by Gasteiger charge is -2.30. The third kappa shape index (κ3) is 8.49. The lowest BCUT2D eigenvalue weighted by Crippen LogP contribution is -2.51. The monoisotopic (exact) mass is 836 g/mol. The molecule has 0 aliphatic carbocycles. The fourth-order valence-corrected chi connectivity index (χ4v) is 8.82. The lowest BCUT2D eigenvalue weighted by molar-refractivity contribution is -0.135. The van der Waals surface area contributed by atoms with Crippen molar-refractivity contribution in [3.05, 3.63) is 120 Å². The van der Waals surface area contributed by atoms with Crippen LogP contribution < -0.4 is 10.6 Å². The van der Waals surface area contributed by atoms with E-state index in [9.17, 15) is 19.2 Å². The van der Waals surface area contributed by atoms with E-state index >= 15 is 0 Å². The summed E-state index contributed by atoms with van der Waals surface area (Å²) in [6, 6.07) is 26.3. The van der Waals surface area contributed by atoms with E-state index in [4.69, 9.17) is 19.4 Å². The van der Waals surface area contributed by atoms with Crippen molar-refractivity contribution in [3.63, 3.8) is 0 Å². The summed E-state index contributed by atoms with van der Waals surface area (Å²) in [6.07, 6.45) is 5.54. The second-order valence-corrected chi connectivity index (χ2v) is 16.4. The predicted molar refractivity (Wildman–Crippen MR) is 236 cm³/mol. The minimum atomic E-state index is -0.882. The highest BCUT2D eigenvalue weighted by Crippen LogP contribution is 2.37. The number of hydrogen-bond donors (Lipinski definition) is 4. The number of nitrogens with one attached hydrogen (secondary N) is 4. The number of alkyl carbamates (subject to hydrolysis) is 2. The van der Waals surface area contributed by atoms with Crippen molar-refractivity contribution >= 4 is 34.8 Å². The number of H-pyrrole nitrogens is 2. The molecule has 2 aliphatic heterocycles. The second-order valence-electron chi connectivity index (χ2n) is 16.4. The number of nitrogens with zero attached hydrogens (tertiary/aromatic N) is 4. The van der Waals surface area contributed by atoms with Crippen LogP contribution in [0.4, 0.5) is 9.59 Å². The van der Waals surface area contributed by atoms with E-state index < -0.39 is 24.3 Å². The molecular formula is C48H52N8O6. The molecule has 0 saturated carbocycles. The molecular weight excluding hydrogens is 785 g/mol. The zero-order valence-electron chi connectivity index (χ0n) is 35.6. The molecule has 4 atom stereocenters. The van der Waals surface area contributed by atoms with Gasteiger partial charge in [-0.25, -0.2) is 19.6 Å². The quantitative estimate of drug-likeness (QED) is 0.101. The first-order chi connectivity index (χ1) is 30.0. The Morgan fingerprint density at radius 3 is 1.79 bits per heavy atom. The van der Waals surface area contributed by atoms with Gasteiger partial charge in [0.05, 0.1) is 50.1 Å². The second kappa shape index (κ2) is 17.9. The topological polar surface area (TPSA) is 175 Å². The van der Waals surface area contributed by atoms with Crippen LogP contribution in [-0.2, 0) is 19.1 Å². The predicted octanol–water partition coefficient (Wildman–Crippen LogP) is 8.40. The number of aromatic amines is 2. The Labute approximate surface area is 360 Å². The molecule has 4 heterocycles. The van der Waals surface area contributed by atoms with Gasteiger partial charge in [0.1, 0.15) is 23.7 Å². The molecule has 4 amide bonds. The maximum absolute atomic E-state index is 14.0. The fourth-order valence-electron chi connectivity index (χ4n) is 8.82. The first-order valence-corrected chi connectivity index (χ1v) is 21.1. The summed E-state index contributed by atoms with van der Waals surface area (Å²) in [5.41, 5.74) is 7.72. The average Bonchev–Trinajstić information content (AvgIpc) is 4.14. The molecule has 320 valence electrons. The van der Waals surface area contributed by atoms with Crippen molar-refractivity contribution in [1.82, 2.24) is 40.4 Å². The van der Waals surface area contributed by atoms with Crippen molar-refractivity contribution in [2.24, 2.45) is 5.92 Å². The summed E-state index contributed by atoms with van der Waals surface area (Å²) in [5.74, 6) is 0.975. The molecule has 2 saturated heterocycles. The number of imidazole rings is 2. The summed E-state index contributed by atoms with van der Waals surface area (Å²) >= 11 is 0. The van der Waals surface area contributed by atoms with Gasteiger partial charge in [0.15, 0.2) is 0 Å². The highest BCUT2D eigenvalue weighted by molar-refractivity contribution is 5.91. The van der Waals surface area contributed by atoms with Crippen molar-refractivity contribution < 1.29 is 28.7 Å². The Morgan fingerprint density at radius 2 is 1.21 bits per heavy atom. The number of benzene rings is 4. The molecule has 6 aromatic rings. The normalized spacial score (nSPS) is 17.3. The van der Waals surface area contributed by atoms with Gasteiger partial charge in [-0.3, -0.25) is 9.59 Å². The van der Waals surface area contributed by atoms with Gasteiger partial charge in [0.2, 0.25) is 5.91 Å². The summed E-state index contributed by atoms with van der Waals surface area (Å²) in [7, 11) is 2.58. The summed E-state index contributed by atoms with van der Waals surface area (Å²) in [5, 5.41) is 7.61. The zero-order chi connectivity index (χ0) is 43.5. The van der Waals surface area contributed by atoms with Crippen LogP contribution in [0.3, 0.4) is 0 Å². The van der Waals surface area contributed by atoms with Gasteiger partial charge in [0.25, 0.3) is 5.91 Å². The van der Waals surface area contributed by atoms with Crippen molar-refractivity contribution in [2.45, 2.75) is 70.6 Å². The van der Waals surface area contributed by atoms with Crippen LogP contribution in [0.25, 0.3) is 44.4 Å². The van der Waals surface area contributed by atoms with Crippen LogP contribution in [0.1, 0.15) is 80.4 Å². The standard InChI is InChI=1S/C48H52N8O6/c1-28(2)41(53-47(59)61-4)45(57)55-21-9-13-39(55)43-49-26-37(51-43)34-19-20-36(29(3)23-34)33-17-15-32-25-35(18-16-31(32)24-33)38-27-50-44(52-38)40-14-10-22-56(40)46(58)42(54-48(60)62-5)30-11-7-6-8-12-30/h6-8,11-12,15-20,23-28,39-42H,9-10,13-14,21-22H2,1-5H3,(H,49,51)(H,50,52)(H,53,59)(H,54,60). The number of hydrogen-bond acceptors (Lipinski definition) is 8. The number of carbonyl (C=O) groups is 4. The largest absolute Gasteiger partial charge is 0.453 e. The molecule has 0 spiro atoms. The van der Waals surface area contributed by atoms with E-state index in [0.29, 0.717) is 24.5 Å². The maximum atomic E-state index is 14.0. The first-order valence-electron chi connectivity index (χ1n) is 21.1. The average molecular weight is 837 g/mol. The molecule has 0 radical (unpaired) electrons. The summed E-state index contributed by atoms with van der Waals surface area (Å²) in [4.78, 5) is 71.9. The van der Waals surface area contributed by atoms with Gasteiger partial charge < -0.3 is 39.9 Å². The maximum Gasteiger partial charge on any atom is 0.407 e. The minimum Gasteiger partial charge on any atom is -0.453 e. The molecule has 4 aromatic carbocycles. The highest BCUT2D eigenvalue weighted by atomic mass is 16.5. The van der Waals surface area contributed by atoms with E-state index in [1.54, 1.807) is 4.90 Å². The van der Waals surface area contributed by atoms with Crippen LogP contribution in [0.2, 0.25) is 0 Å². The number of likely N-dealkylation sites (tertiary alicyclic amines) is 2. The van der Waals surface area contributed by atoms with Crippen LogP contribution in [0, 0.1) is 12.8 Å². The van der Waals surface area contributed by atoms with Crippen molar-refractivity contribution in [2.75, 3.05) is 27.3 Å². The first kappa shape index (κ1) is 41.8. The van der Waals surface area contributed by atoms with E-state index in [2.05, 4.69) is 82.1 Å². The Bertz CT molecular complexity index is 2600. The van der Waals surface area contributed by atoms with E-state index in [1.807, 2.05) is 61.5 Å². The molecule has 2 aliphatic rings. The SMILES string of the molecule is COC(=O)NC(C(=O)N1CCCC1c1ncc(-c2ccc3cc(-c4ccc(-c5cnc(C6CCCN6C(=O)C(NC(=O)OC)C(C)C)[nH]5)cc4C)ccc3c2)[nH]1)c1ccccc1. The van der Waals surface area contributed by atoms with E-state index in [1.165, 1.54) is 14.2 Å². The molecule has 4 N–H and O–H groups in total. The molecule has 4 unspecified atom stereocenters. The lowest BCUT2D eigenvalue weighted by atomic mass is 9.95. The van der Waals surface area contributed by atoms with E-state index in [-0.39, 0.29) is 29.8 Å². The molecule has 14 heteroatoms. The van der Waals surface area contributed by atoms with Gasteiger partial charge in [0, 0.05) is 18.7 Å². The molecule has 0 bridgehead atoms. The smallest absolute Gasteiger partial charge is 0.407 e. The number of fused-ring (bicyclic) bond motifs is 1. The minimum absolute atomic E-state index is 0.109. The van der Waals surface area contributed by atoms with Crippen LogP contribution in [0.5, 0.6) is 0 Å². The number of carbonyl (C=O) groups excluding carboxylic acids is 4. The molecule has 8 rings (SSSR count). The number of methoxy groups -OCH3 is 2. The number of ether oxygens (including phenoxy) is 2. The fraction of sp³-hybridized carbons (Fsp3) is 0.333. The molecule has 2 aromatic heterocycles. The third-order valence-electron chi connectivity index (χ3n) is 12.1. The molecule has 14 nitrogen and oxygen atoms in total. The summed E-state index contributed by atoms with van der Waals surface area (Å²) in [6.45, 7) is 7.06. The Kier molecular flexibility index (Phi) is 12.1. The number of aromatic nitrogens is 4. The zero-order valence-corrected chi connectivity index (χ0v) is 35.6. The van der Waals surface area contributed by atoms with E-state index in [0.717, 1.165) is 81.5 Å². The van der Waals surface area contributed by atoms with Crippen molar-refractivity contribution in [3.8, 4) is 33.6 Å². The van der Waals surface area contributed by atoms with Crippen LogP contribution >= 0.6 is 0 Å². The van der Waals surface area contributed by atoms with Crippen molar-refractivity contribution in [1.29, 1.82) is 0 Å². The third-order valence-corrected chi connectivity index (χ3v) is 12.1. The Balaban J connectivity index is 0.961. The molecule has 2 fully saturated rings. The number of rotatable bonds is 11. The van der Waals surface area contributed by atoms with Gasteiger partial charge in [-0.1, -0.05) is 80.6 Å². The Morgan fingerprint density at radius 1 is 0.677 bits per heavy atom. The van der Waals surface area contributed by atoms with Crippen LogP contribution in [-0.4, -0.2) is 87.1 Å². The van der Waals surface area contributed by atoms with Crippen LogP contribution in [0.15, 0.2) is 97.3 Å².